The minimum absolute atomic E-state index is 0.180. The van der Waals surface area contributed by atoms with Gasteiger partial charge in [0.15, 0.2) is 0 Å². The van der Waals surface area contributed by atoms with Gasteiger partial charge < -0.3 is 9.84 Å². The number of halogens is 2. The third kappa shape index (κ3) is 2.27. The first-order valence-corrected chi connectivity index (χ1v) is 5.28. The number of carboxylic acids is 1. The van der Waals surface area contributed by atoms with Crippen LogP contribution in [0.4, 0.5) is 4.39 Å². The minimum Gasteiger partial charge on any atom is -0.489 e. The highest BCUT2D eigenvalue weighted by Crippen LogP contribution is 2.34. The first-order valence-electron chi connectivity index (χ1n) is 4.91. The highest BCUT2D eigenvalue weighted by atomic mass is 35.5. The maximum Gasteiger partial charge on any atom is 0.306 e. The van der Waals surface area contributed by atoms with Crippen molar-refractivity contribution in [1.29, 1.82) is 0 Å². The second-order valence-electron chi connectivity index (χ2n) is 3.82. The number of carboxylic acid groups (broad SMARTS) is 1. The van der Waals surface area contributed by atoms with Gasteiger partial charge in [-0.15, -0.1) is 0 Å². The Kier molecular flexibility index (Phi) is 3.01. The van der Waals surface area contributed by atoms with E-state index in [9.17, 15) is 9.18 Å². The zero-order valence-corrected chi connectivity index (χ0v) is 9.08. The molecule has 0 aliphatic heterocycles. The summed E-state index contributed by atoms with van der Waals surface area (Å²) >= 11 is 5.81. The van der Waals surface area contributed by atoms with Crippen molar-refractivity contribution >= 4 is 17.6 Å². The van der Waals surface area contributed by atoms with Gasteiger partial charge in [-0.05, 0) is 25.0 Å². The molecule has 0 atom stereocenters. The standard InChI is InChI=1S/C11H10ClFO3/c12-9-2-1-7(13)5-10(9)16-8-3-6(4-8)11(14)15/h1-2,5-6,8H,3-4H2,(H,14,15)/t6-,8-. The molecule has 1 aliphatic carbocycles. The van der Waals surface area contributed by atoms with Gasteiger partial charge in [0, 0.05) is 6.07 Å². The normalized spacial score (nSPS) is 23.6. The number of aliphatic carboxylic acids is 1. The molecule has 0 unspecified atom stereocenters. The molecule has 0 radical (unpaired) electrons. The van der Waals surface area contributed by atoms with Crippen molar-refractivity contribution in [1.82, 2.24) is 0 Å². The number of hydrogen-bond donors (Lipinski definition) is 1. The van der Waals surface area contributed by atoms with E-state index in [0.29, 0.717) is 17.9 Å². The second-order valence-corrected chi connectivity index (χ2v) is 4.23. The van der Waals surface area contributed by atoms with Crippen LogP contribution in [0.25, 0.3) is 0 Å². The monoisotopic (exact) mass is 244 g/mol. The summed E-state index contributed by atoms with van der Waals surface area (Å²) < 4.78 is 18.3. The molecule has 0 aromatic heterocycles. The fourth-order valence-electron chi connectivity index (χ4n) is 1.61. The van der Waals surface area contributed by atoms with Crippen molar-refractivity contribution in [2.24, 2.45) is 5.92 Å². The Hall–Kier alpha value is -1.29. The predicted octanol–water partition coefficient (Wildman–Crippen LogP) is 2.72. The Labute approximate surface area is 96.8 Å². The summed E-state index contributed by atoms with van der Waals surface area (Å²) in [7, 11) is 0. The molecule has 1 fully saturated rings. The topological polar surface area (TPSA) is 46.5 Å². The highest BCUT2D eigenvalue weighted by molar-refractivity contribution is 6.32. The van der Waals surface area contributed by atoms with Gasteiger partial charge in [-0.3, -0.25) is 4.79 Å². The van der Waals surface area contributed by atoms with Crippen molar-refractivity contribution in [2.75, 3.05) is 0 Å². The van der Waals surface area contributed by atoms with E-state index in [1.807, 2.05) is 0 Å². The van der Waals surface area contributed by atoms with Crippen LogP contribution >= 0.6 is 11.6 Å². The number of benzene rings is 1. The fourth-order valence-corrected chi connectivity index (χ4v) is 1.77. The minimum atomic E-state index is -0.815. The van der Waals surface area contributed by atoms with Crippen LogP contribution in [0.1, 0.15) is 12.8 Å². The Morgan fingerprint density at radius 1 is 1.50 bits per heavy atom. The molecular weight excluding hydrogens is 235 g/mol. The van der Waals surface area contributed by atoms with Gasteiger partial charge in [-0.25, -0.2) is 4.39 Å². The summed E-state index contributed by atoms with van der Waals surface area (Å²) in [5.41, 5.74) is 0. The van der Waals surface area contributed by atoms with Gasteiger partial charge in [0.2, 0.25) is 0 Å². The first-order chi connectivity index (χ1) is 7.56. The molecule has 0 saturated heterocycles. The highest BCUT2D eigenvalue weighted by Gasteiger charge is 2.36. The van der Waals surface area contributed by atoms with Crippen LogP contribution < -0.4 is 4.74 Å². The largest absolute Gasteiger partial charge is 0.489 e. The zero-order valence-electron chi connectivity index (χ0n) is 8.32. The predicted molar refractivity (Wildman–Crippen MR) is 56.2 cm³/mol. The summed E-state index contributed by atoms with van der Waals surface area (Å²) in [6.07, 6.45) is 0.713. The Bertz CT molecular complexity index is 416. The number of carbonyl (C=O) groups is 1. The van der Waals surface area contributed by atoms with Crippen molar-refractivity contribution in [3.63, 3.8) is 0 Å². The summed E-state index contributed by atoms with van der Waals surface area (Å²) in [5.74, 6) is -1.31. The smallest absolute Gasteiger partial charge is 0.306 e. The molecule has 2 rings (SSSR count). The maximum absolute atomic E-state index is 12.9. The van der Waals surface area contributed by atoms with Gasteiger partial charge in [0.1, 0.15) is 17.7 Å². The molecule has 0 amide bonds. The Morgan fingerprint density at radius 2 is 2.19 bits per heavy atom. The molecule has 16 heavy (non-hydrogen) atoms. The number of rotatable bonds is 3. The summed E-state index contributed by atoms with van der Waals surface area (Å²) in [4.78, 5) is 10.6. The van der Waals surface area contributed by atoms with E-state index in [1.54, 1.807) is 0 Å². The van der Waals surface area contributed by atoms with Crippen LogP contribution in [0.5, 0.6) is 5.75 Å². The van der Waals surface area contributed by atoms with Gasteiger partial charge in [0.05, 0.1) is 10.9 Å². The van der Waals surface area contributed by atoms with E-state index in [-0.39, 0.29) is 17.8 Å². The van der Waals surface area contributed by atoms with E-state index in [1.165, 1.54) is 18.2 Å². The molecule has 1 aromatic rings. The van der Waals surface area contributed by atoms with Crippen LogP contribution in [0, 0.1) is 11.7 Å². The number of ether oxygens (including phenoxy) is 1. The van der Waals surface area contributed by atoms with Crippen molar-refractivity contribution in [3.8, 4) is 5.75 Å². The first kappa shape index (κ1) is 11.2. The SMILES string of the molecule is O=C(O)[C@H]1C[C@H](Oc2cc(F)ccc2Cl)C1. The van der Waals surface area contributed by atoms with E-state index < -0.39 is 11.8 Å². The van der Waals surface area contributed by atoms with E-state index >= 15 is 0 Å². The molecule has 0 heterocycles. The molecule has 0 bridgehead atoms. The lowest BCUT2D eigenvalue weighted by molar-refractivity contribution is -0.147. The summed E-state index contributed by atoms with van der Waals surface area (Å²) in [6, 6.07) is 3.87. The maximum atomic E-state index is 12.9. The second kappa shape index (κ2) is 4.29. The molecule has 3 nitrogen and oxygen atoms in total. The third-order valence-electron chi connectivity index (χ3n) is 2.63. The fraction of sp³-hybridized carbons (Fsp3) is 0.364. The lowest BCUT2D eigenvalue weighted by atomic mass is 9.82. The van der Waals surface area contributed by atoms with Crippen molar-refractivity contribution < 1.29 is 19.0 Å². The Morgan fingerprint density at radius 3 is 2.81 bits per heavy atom. The molecule has 1 N–H and O–H groups in total. The van der Waals surface area contributed by atoms with Crippen LogP contribution in [0.2, 0.25) is 5.02 Å². The van der Waals surface area contributed by atoms with Crippen LogP contribution in [-0.2, 0) is 4.79 Å². The molecule has 86 valence electrons. The van der Waals surface area contributed by atoms with Crippen LogP contribution in [0.15, 0.2) is 18.2 Å². The van der Waals surface area contributed by atoms with Gasteiger partial charge in [0.25, 0.3) is 0 Å². The molecule has 1 saturated carbocycles. The van der Waals surface area contributed by atoms with Crippen LogP contribution in [-0.4, -0.2) is 17.2 Å². The molecule has 1 aromatic carbocycles. The van der Waals surface area contributed by atoms with Gasteiger partial charge >= 0.3 is 5.97 Å². The molecular formula is C11H10ClFO3. The lowest BCUT2D eigenvalue weighted by Gasteiger charge is -2.32. The van der Waals surface area contributed by atoms with Gasteiger partial charge in [-0.1, -0.05) is 11.6 Å². The van der Waals surface area contributed by atoms with Crippen LogP contribution in [0.3, 0.4) is 0 Å². The zero-order chi connectivity index (χ0) is 11.7. The van der Waals surface area contributed by atoms with E-state index in [0.717, 1.165) is 0 Å². The Balaban J connectivity index is 1.96. The molecule has 5 heteroatoms. The average molecular weight is 245 g/mol. The van der Waals surface area contributed by atoms with Gasteiger partial charge in [-0.2, -0.15) is 0 Å². The third-order valence-corrected chi connectivity index (χ3v) is 2.94. The lowest BCUT2D eigenvalue weighted by Crippen LogP contribution is -2.38. The average Bonchev–Trinajstić information content (AvgIpc) is 2.15. The summed E-state index contributed by atoms with van der Waals surface area (Å²) in [5, 5.41) is 9.01. The van der Waals surface area contributed by atoms with E-state index in [2.05, 4.69) is 0 Å². The van der Waals surface area contributed by atoms with Crippen molar-refractivity contribution in [3.05, 3.63) is 29.0 Å². The number of hydrogen-bond acceptors (Lipinski definition) is 2. The quantitative estimate of drug-likeness (QED) is 0.889. The summed E-state index contributed by atoms with van der Waals surface area (Å²) in [6.45, 7) is 0. The van der Waals surface area contributed by atoms with E-state index in [4.69, 9.17) is 21.4 Å². The van der Waals surface area contributed by atoms with Crippen molar-refractivity contribution in [2.45, 2.75) is 18.9 Å². The molecule has 0 spiro atoms. The molecule has 1 aliphatic rings.